The maximum Gasteiger partial charge on any atom is 0.188 e. The Kier molecular flexibility index (Phi) is 9.68. The lowest BCUT2D eigenvalue weighted by atomic mass is 9.53. The van der Waals surface area contributed by atoms with Crippen LogP contribution in [0.15, 0.2) is 110 Å². The first-order valence-electron chi connectivity index (χ1n) is 15.8. The Bertz CT molecular complexity index is 1920. The van der Waals surface area contributed by atoms with E-state index in [-0.39, 0.29) is 23.6 Å². The topological polar surface area (TPSA) is 130 Å². The Hall–Kier alpha value is -5.61. The van der Waals surface area contributed by atoms with Crippen LogP contribution in [0.3, 0.4) is 0 Å². The normalized spacial score (nSPS) is 21.7. The van der Waals surface area contributed by atoms with Crippen molar-refractivity contribution in [3.8, 4) is 23.0 Å². The molecule has 1 N–H and O–H groups in total. The molecule has 1 aliphatic rings. The van der Waals surface area contributed by atoms with Crippen LogP contribution in [-0.4, -0.2) is 60.1 Å². The van der Waals surface area contributed by atoms with Crippen molar-refractivity contribution in [3.05, 3.63) is 138 Å². The molecule has 49 heavy (non-hydrogen) atoms. The second kappa shape index (κ2) is 14.2. The van der Waals surface area contributed by atoms with Gasteiger partial charge in [-0.25, -0.2) is 0 Å². The molecule has 1 aliphatic carbocycles. The first kappa shape index (κ1) is 33.3. The zero-order chi connectivity index (χ0) is 34.5. The summed E-state index contributed by atoms with van der Waals surface area (Å²) in [4.78, 5) is 43.3. The SMILES string of the molecule is COc1ccc([C@@H]2[C@H](C(=O)c3ccccn3)[C@H](c3ccc(OC)c(OC)c3)C[C@](O)(c3ccccn3)[C@H]2C(=O)c2ccccn2)cc1OC. The van der Waals surface area contributed by atoms with Crippen LogP contribution in [0.25, 0.3) is 0 Å². The molecule has 3 aromatic heterocycles. The van der Waals surface area contributed by atoms with Gasteiger partial charge in [0.05, 0.1) is 40.1 Å². The van der Waals surface area contributed by atoms with Crippen molar-refractivity contribution in [2.24, 2.45) is 11.8 Å². The highest BCUT2D eigenvalue weighted by atomic mass is 16.5. The fourth-order valence-corrected chi connectivity index (χ4v) is 7.17. The van der Waals surface area contributed by atoms with Crippen LogP contribution in [-0.2, 0) is 5.60 Å². The Morgan fingerprint density at radius 1 is 0.633 bits per heavy atom. The van der Waals surface area contributed by atoms with Crippen molar-refractivity contribution in [2.75, 3.05) is 28.4 Å². The molecule has 5 atom stereocenters. The van der Waals surface area contributed by atoms with E-state index in [0.717, 1.165) is 0 Å². The fraction of sp³-hybridized carbons (Fsp3) is 0.256. The summed E-state index contributed by atoms with van der Waals surface area (Å²) in [5, 5.41) is 13.2. The van der Waals surface area contributed by atoms with E-state index >= 15 is 0 Å². The maximum absolute atomic E-state index is 15.0. The van der Waals surface area contributed by atoms with Crippen molar-refractivity contribution in [3.63, 3.8) is 0 Å². The van der Waals surface area contributed by atoms with Crippen molar-refractivity contribution < 1.29 is 33.6 Å². The van der Waals surface area contributed by atoms with Crippen molar-refractivity contribution in [1.29, 1.82) is 0 Å². The van der Waals surface area contributed by atoms with Gasteiger partial charge in [-0.05, 0) is 84.1 Å². The zero-order valence-corrected chi connectivity index (χ0v) is 27.6. The summed E-state index contributed by atoms with van der Waals surface area (Å²) in [5.41, 5.74) is 0.101. The minimum absolute atomic E-state index is 0.0320. The zero-order valence-electron chi connectivity index (χ0n) is 27.6. The lowest BCUT2D eigenvalue weighted by Crippen LogP contribution is -2.54. The number of aliphatic hydroxyl groups is 1. The standard InChI is InChI=1S/C39H37N3O7/c1-46-29-16-14-24(21-31(29)48-3)26-23-39(45,33-13-7-10-20-42-33)36(38(44)28-12-6-9-19-41-28)34(25-15-17-30(47-2)32(22-25)49-4)35(26)37(43)27-11-5-8-18-40-27/h5-22,26,34-36,45H,23H2,1-4H3/t26-,34+,35+,36+,39-/m0/s1. The Labute approximate surface area is 284 Å². The number of Topliss-reactive ketones (excluding diaryl/α,β-unsaturated/α-hetero) is 2. The van der Waals surface area contributed by atoms with Gasteiger partial charge >= 0.3 is 0 Å². The van der Waals surface area contributed by atoms with Gasteiger partial charge in [-0.3, -0.25) is 24.5 Å². The Morgan fingerprint density at radius 2 is 1.14 bits per heavy atom. The van der Waals surface area contributed by atoms with E-state index in [9.17, 15) is 14.7 Å². The summed E-state index contributed by atoms with van der Waals surface area (Å²) in [5.74, 6) is -2.59. The second-order valence-corrected chi connectivity index (χ2v) is 11.9. The van der Waals surface area contributed by atoms with E-state index < -0.39 is 35.1 Å². The van der Waals surface area contributed by atoms with Crippen LogP contribution >= 0.6 is 0 Å². The number of nitrogens with zero attached hydrogens (tertiary/aromatic N) is 3. The number of benzene rings is 2. The molecule has 0 amide bonds. The third-order valence-corrected chi connectivity index (χ3v) is 9.38. The van der Waals surface area contributed by atoms with Crippen LogP contribution in [0.1, 0.15) is 56.1 Å². The molecule has 0 saturated heterocycles. The summed E-state index contributed by atoms with van der Waals surface area (Å²) < 4.78 is 22.5. The van der Waals surface area contributed by atoms with Gasteiger partial charge in [-0.1, -0.05) is 30.3 Å². The molecule has 0 bridgehead atoms. The van der Waals surface area contributed by atoms with Gasteiger partial charge in [0.1, 0.15) is 17.0 Å². The minimum Gasteiger partial charge on any atom is -0.493 e. The summed E-state index contributed by atoms with van der Waals surface area (Å²) in [6.07, 6.45) is 4.64. The molecular formula is C39H37N3O7. The number of carbonyl (C=O) groups is 2. The van der Waals surface area contributed by atoms with Gasteiger partial charge in [0, 0.05) is 30.4 Å². The number of aromatic nitrogens is 3. The summed E-state index contributed by atoms with van der Waals surface area (Å²) in [7, 11) is 6.14. The highest BCUT2D eigenvalue weighted by Gasteiger charge is 2.59. The van der Waals surface area contributed by atoms with Crippen LogP contribution in [0.2, 0.25) is 0 Å². The van der Waals surface area contributed by atoms with Crippen molar-refractivity contribution in [1.82, 2.24) is 15.0 Å². The average molecular weight is 660 g/mol. The predicted octanol–water partition coefficient (Wildman–Crippen LogP) is 6.06. The van der Waals surface area contributed by atoms with Crippen LogP contribution in [0.5, 0.6) is 23.0 Å². The molecule has 1 fully saturated rings. The van der Waals surface area contributed by atoms with Gasteiger partial charge in [0.15, 0.2) is 34.6 Å². The number of carbonyl (C=O) groups excluding carboxylic acids is 2. The number of ether oxygens (including phenoxy) is 4. The summed E-state index contributed by atoms with van der Waals surface area (Å²) in [6, 6.07) is 26.2. The third kappa shape index (κ3) is 6.23. The quantitative estimate of drug-likeness (QED) is 0.167. The molecular weight excluding hydrogens is 622 g/mol. The molecule has 5 aromatic rings. The molecule has 0 spiro atoms. The highest BCUT2D eigenvalue weighted by Crippen LogP contribution is 2.59. The van der Waals surface area contributed by atoms with Gasteiger partial charge in [-0.15, -0.1) is 0 Å². The first-order chi connectivity index (χ1) is 23.8. The van der Waals surface area contributed by atoms with E-state index in [2.05, 4.69) is 15.0 Å². The number of methoxy groups -OCH3 is 4. The lowest BCUT2D eigenvalue weighted by molar-refractivity contribution is -0.0722. The largest absolute Gasteiger partial charge is 0.493 e. The molecule has 3 heterocycles. The molecule has 1 saturated carbocycles. The summed E-state index contributed by atoms with van der Waals surface area (Å²) in [6.45, 7) is 0. The molecule has 0 unspecified atom stereocenters. The fourth-order valence-electron chi connectivity index (χ4n) is 7.17. The van der Waals surface area contributed by atoms with Gasteiger partial charge in [0.25, 0.3) is 0 Å². The van der Waals surface area contributed by atoms with Gasteiger partial charge < -0.3 is 24.1 Å². The number of hydrogen-bond donors (Lipinski definition) is 1. The maximum atomic E-state index is 15.0. The van der Waals surface area contributed by atoms with Gasteiger partial charge in [0.2, 0.25) is 0 Å². The van der Waals surface area contributed by atoms with Crippen molar-refractivity contribution >= 4 is 11.6 Å². The van der Waals surface area contributed by atoms with E-state index in [1.54, 1.807) is 98.4 Å². The average Bonchev–Trinajstić information content (AvgIpc) is 3.17. The van der Waals surface area contributed by atoms with Crippen molar-refractivity contribution in [2.45, 2.75) is 23.9 Å². The number of pyridine rings is 3. The lowest BCUT2D eigenvalue weighted by Gasteiger charge is -2.50. The smallest absolute Gasteiger partial charge is 0.188 e. The Balaban J connectivity index is 1.69. The van der Waals surface area contributed by atoms with Gasteiger partial charge in [-0.2, -0.15) is 0 Å². The molecule has 10 nitrogen and oxygen atoms in total. The molecule has 6 rings (SSSR count). The van der Waals surface area contributed by atoms with E-state index in [4.69, 9.17) is 18.9 Å². The van der Waals surface area contributed by atoms with E-state index in [0.29, 0.717) is 39.8 Å². The molecule has 0 radical (unpaired) electrons. The number of rotatable bonds is 11. The monoisotopic (exact) mass is 659 g/mol. The van der Waals surface area contributed by atoms with E-state index in [1.165, 1.54) is 27.5 Å². The van der Waals surface area contributed by atoms with Crippen LogP contribution in [0, 0.1) is 11.8 Å². The Morgan fingerprint density at radius 3 is 1.65 bits per heavy atom. The number of hydrogen-bond acceptors (Lipinski definition) is 10. The van der Waals surface area contributed by atoms with Crippen LogP contribution in [0.4, 0.5) is 0 Å². The molecule has 0 aliphatic heterocycles. The molecule has 250 valence electrons. The van der Waals surface area contributed by atoms with Crippen LogP contribution < -0.4 is 18.9 Å². The first-order valence-corrected chi connectivity index (χ1v) is 15.8. The second-order valence-electron chi connectivity index (χ2n) is 11.9. The minimum atomic E-state index is -1.87. The predicted molar refractivity (Wildman–Crippen MR) is 181 cm³/mol. The van der Waals surface area contributed by atoms with E-state index in [1.807, 2.05) is 12.1 Å². The number of ketones is 2. The summed E-state index contributed by atoms with van der Waals surface area (Å²) >= 11 is 0. The third-order valence-electron chi connectivity index (χ3n) is 9.38. The molecule has 10 heteroatoms. The molecule has 2 aromatic carbocycles. The highest BCUT2D eigenvalue weighted by molar-refractivity contribution is 6.01.